The number of likely N-dealkylation sites (N-methyl/N-ethyl adjacent to an activating group) is 1. The van der Waals surface area contributed by atoms with Gasteiger partial charge in [0.2, 0.25) is 5.91 Å². The molecule has 1 aromatic carbocycles. The largest absolute Gasteiger partial charge is 0.346 e. The minimum Gasteiger partial charge on any atom is -0.346 e. The molecule has 1 saturated heterocycles. The molecule has 1 atom stereocenters. The van der Waals surface area contributed by atoms with E-state index in [2.05, 4.69) is 58.6 Å². The Labute approximate surface area is 162 Å². The first kappa shape index (κ1) is 21.8. The molecular weight excluding hydrogens is 359 g/mol. The number of carbonyl (C=O) groups excluding carboxylic acids is 1. The van der Waals surface area contributed by atoms with Crippen molar-refractivity contribution in [3.63, 3.8) is 0 Å². The Kier molecular flexibility index (Phi) is 8.73. The van der Waals surface area contributed by atoms with Crippen LogP contribution in [0.4, 0.5) is 5.69 Å². The van der Waals surface area contributed by atoms with Crippen LogP contribution in [0.5, 0.6) is 0 Å². The van der Waals surface area contributed by atoms with E-state index in [0.29, 0.717) is 0 Å². The molecule has 2 heterocycles. The van der Waals surface area contributed by atoms with Crippen molar-refractivity contribution in [3.8, 4) is 0 Å². The number of amides is 1. The molecule has 140 valence electrons. The zero-order chi connectivity index (χ0) is 16.2. The van der Waals surface area contributed by atoms with E-state index in [1.165, 1.54) is 10.9 Å². The molecule has 7 heteroatoms. The average Bonchev–Trinajstić information content (AvgIpc) is 2.96. The summed E-state index contributed by atoms with van der Waals surface area (Å²) in [5.74, 6) is 0.211. The lowest BCUT2D eigenvalue weighted by atomic mass is 9.99. The zero-order valence-electron chi connectivity index (χ0n) is 14.8. The van der Waals surface area contributed by atoms with Crippen LogP contribution in [0, 0.1) is 5.92 Å². The summed E-state index contributed by atoms with van der Waals surface area (Å²) in [6.45, 7) is 3.75. The van der Waals surface area contributed by atoms with E-state index in [1.54, 1.807) is 0 Å². The summed E-state index contributed by atoms with van der Waals surface area (Å²) in [5.41, 5.74) is 2.06. The summed E-state index contributed by atoms with van der Waals surface area (Å²) >= 11 is 0. The monoisotopic (exact) mass is 386 g/mol. The van der Waals surface area contributed by atoms with Gasteiger partial charge in [0.15, 0.2) is 0 Å². The summed E-state index contributed by atoms with van der Waals surface area (Å²) in [6.07, 6.45) is 4.16. The van der Waals surface area contributed by atoms with Crippen molar-refractivity contribution >= 4 is 47.3 Å². The molecule has 1 amide bonds. The second-order valence-electron chi connectivity index (χ2n) is 6.62. The topological polar surface area (TPSA) is 49.3 Å². The highest BCUT2D eigenvalue weighted by Crippen LogP contribution is 2.22. The fraction of sp³-hybridized carbons (Fsp3) is 0.500. The summed E-state index contributed by atoms with van der Waals surface area (Å²) in [5, 5.41) is 7.59. The highest BCUT2D eigenvalue weighted by atomic mass is 35.5. The third kappa shape index (κ3) is 5.61. The van der Waals surface area contributed by atoms with Crippen molar-refractivity contribution in [1.82, 2.24) is 14.8 Å². The minimum absolute atomic E-state index is 0. The first-order valence-corrected chi connectivity index (χ1v) is 8.39. The van der Waals surface area contributed by atoms with Gasteiger partial charge in [-0.3, -0.25) is 4.79 Å². The van der Waals surface area contributed by atoms with Gasteiger partial charge in [0.05, 0.1) is 11.4 Å². The Morgan fingerprint density at radius 1 is 1.32 bits per heavy atom. The number of nitrogens with zero attached hydrogens (tertiary/aromatic N) is 2. The molecule has 1 aliphatic heterocycles. The third-order valence-electron chi connectivity index (χ3n) is 4.50. The molecule has 1 aliphatic rings. The van der Waals surface area contributed by atoms with Crippen LogP contribution in [-0.4, -0.2) is 49.1 Å². The highest BCUT2D eigenvalue weighted by Gasteiger charge is 2.20. The van der Waals surface area contributed by atoms with E-state index in [0.717, 1.165) is 44.7 Å². The van der Waals surface area contributed by atoms with Gasteiger partial charge >= 0.3 is 0 Å². The predicted octanol–water partition coefficient (Wildman–Crippen LogP) is 2.98. The average molecular weight is 387 g/mol. The van der Waals surface area contributed by atoms with E-state index in [9.17, 15) is 4.79 Å². The molecule has 0 aliphatic carbocycles. The first-order valence-electron chi connectivity index (χ1n) is 8.39. The van der Waals surface area contributed by atoms with Crippen LogP contribution in [0.25, 0.3) is 10.9 Å². The van der Waals surface area contributed by atoms with Crippen LogP contribution < -0.4 is 10.6 Å². The van der Waals surface area contributed by atoms with Crippen molar-refractivity contribution < 1.29 is 4.79 Å². The molecule has 25 heavy (non-hydrogen) atoms. The fourth-order valence-corrected chi connectivity index (χ4v) is 3.08. The van der Waals surface area contributed by atoms with Crippen molar-refractivity contribution in [2.45, 2.75) is 19.4 Å². The van der Waals surface area contributed by atoms with Crippen molar-refractivity contribution in [2.24, 2.45) is 5.92 Å². The van der Waals surface area contributed by atoms with Crippen LogP contribution >= 0.6 is 24.8 Å². The van der Waals surface area contributed by atoms with Crippen molar-refractivity contribution in [1.29, 1.82) is 0 Å². The summed E-state index contributed by atoms with van der Waals surface area (Å²) in [7, 11) is 4.16. The number of piperidine rings is 1. The minimum atomic E-state index is 0. The first-order chi connectivity index (χ1) is 11.1. The van der Waals surface area contributed by atoms with E-state index < -0.39 is 0 Å². The van der Waals surface area contributed by atoms with E-state index in [4.69, 9.17) is 0 Å². The smallest absolute Gasteiger partial charge is 0.228 e. The Morgan fingerprint density at radius 3 is 2.80 bits per heavy atom. The molecule has 1 aromatic heterocycles. The lowest BCUT2D eigenvalue weighted by molar-refractivity contribution is -0.120. The Balaban J connectivity index is 0.00000156. The number of aromatic nitrogens is 1. The Bertz CT molecular complexity index is 681. The third-order valence-corrected chi connectivity index (χ3v) is 4.50. The van der Waals surface area contributed by atoms with Gasteiger partial charge in [0.25, 0.3) is 0 Å². The SMILES string of the molecule is CN(C)CCn1ccc2ccc(NC(=O)C3CCCNC3)cc21.Cl.Cl. The van der Waals surface area contributed by atoms with Gasteiger partial charge in [-0.05, 0) is 57.1 Å². The van der Waals surface area contributed by atoms with Crippen molar-refractivity contribution in [2.75, 3.05) is 39.0 Å². The molecule has 2 aromatic rings. The normalized spacial score (nSPS) is 17.0. The summed E-state index contributed by atoms with van der Waals surface area (Å²) in [6, 6.07) is 8.28. The van der Waals surface area contributed by atoms with Gasteiger partial charge < -0.3 is 20.1 Å². The Hall–Kier alpha value is -1.27. The quantitative estimate of drug-likeness (QED) is 0.830. The molecule has 5 nitrogen and oxygen atoms in total. The number of hydrogen-bond donors (Lipinski definition) is 2. The van der Waals surface area contributed by atoms with Gasteiger partial charge in [-0.25, -0.2) is 0 Å². The number of halogens is 2. The standard InChI is InChI=1S/C18H26N4O.2ClH/c1-21(2)10-11-22-9-7-14-5-6-16(12-17(14)22)20-18(23)15-4-3-8-19-13-15;;/h5-7,9,12,15,19H,3-4,8,10-11,13H2,1-2H3,(H,20,23);2*1H. The Morgan fingerprint density at radius 2 is 2.12 bits per heavy atom. The van der Waals surface area contributed by atoms with Gasteiger partial charge in [-0.2, -0.15) is 0 Å². The zero-order valence-corrected chi connectivity index (χ0v) is 16.5. The lowest BCUT2D eigenvalue weighted by Gasteiger charge is -2.22. The van der Waals surface area contributed by atoms with Crippen LogP contribution in [0.15, 0.2) is 30.5 Å². The molecule has 1 unspecified atom stereocenters. The summed E-state index contributed by atoms with van der Waals surface area (Å²) < 4.78 is 2.24. The highest BCUT2D eigenvalue weighted by molar-refractivity contribution is 5.95. The van der Waals surface area contributed by atoms with Crippen LogP contribution in [0.1, 0.15) is 12.8 Å². The van der Waals surface area contributed by atoms with Crippen LogP contribution in [0.2, 0.25) is 0 Å². The number of nitrogens with one attached hydrogen (secondary N) is 2. The van der Waals surface area contributed by atoms with Crippen LogP contribution in [-0.2, 0) is 11.3 Å². The molecule has 0 bridgehead atoms. The molecule has 3 rings (SSSR count). The van der Waals surface area contributed by atoms with Crippen molar-refractivity contribution in [3.05, 3.63) is 30.5 Å². The molecular formula is C18H28Cl2N4O. The lowest BCUT2D eigenvalue weighted by Crippen LogP contribution is -2.37. The van der Waals surface area contributed by atoms with Gasteiger partial charge in [0, 0.05) is 31.5 Å². The number of carbonyl (C=O) groups is 1. The number of benzene rings is 1. The number of rotatable bonds is 5. The molecule has 0 radical (unpaired) electrons. The maximum Gasteiger partial charge on any atom is 0.228 e. The second kappa shape index (κ2) is 10.0. The van der Waals surface area contributed by atoms with Crippen LogP contribution in [0.3, 0.4) is 0 Å². The van der Waals surface area contributed by atoms with Gasteiger partial charge in [-0.1, -0.05) is 6.07 Å². The summed E-state index contributed by atoms with van der Waals surface area (Å²) in [4.78, 5) is 14.6. The predicted molar refractivity (Wildman–Crippen MR) is 109 cm³/mol. The maximum atomic E-state index is 12.4. The number of hydrogen-bond acceptors (Lipinski definition) is 3. The van der Waals surface area contributed by atoms with Gasteiger partial charge in [0.1, 0.15) is 0 Å². The number of anilines is 1. The second-order valence-corrected chi connectivity index (χ2v) is 6.62. The molecule has 1 fully saturated rings. The molecule has 0 saturated carbocycles. The number of fused-ring (bicyclic) bond motifs is 1. The fourth-order valence-electron chi connectivity index (χ4n) is 3.08. The van der Waals surface area contributed by atoms with E-state index >= 15 is 0 Å². The maximum absolute atomic E-state index is 12.4. The molecule has 2 N–H and O–H groups in total. The van der Waals surface area contributed by atoms with Gasteiger partial charge in [-0.15, -0.1) is 24.8 Å². The molecule has 0 spiro atoms. The van der Waals surface area contributed by atoms with E-state index in [1.807, 2.05) is 6.07 Å². The van der Waals surface area contributed by atoms with E-state index in [-0.39, 0.29) is 36.6 Å².